The molecule has 1 N–H and O–H groups in total. The van der Waals surface area contributed by atoms with Gasteiger partial charge >= 0.3 is 0 Å². The van der Waals surface area contributed by atoms with Crippen LogP contribution in [0.2, 0.25) is 0 Å². The Balaban J connectivity index is 1.98. The van der Waals surface area contributed by atoms with E-state index in [1.54, 1.807) is 6.07 Å². The minimum absolute atomic E-state index is 0.129. The Bertz CT molecular complexity index is 553. The molecule has 2 heterocycles. The van der Waals surface area contributed by atoms with E-state index >= 15 is 0 Å². The predicted molar refractivity (Wildman–Crippen MR) is 83.8 cm³/mol. The number of nitrogens with zero attached hydrogens (tertiary/aromatic N) is 1. The molecule has 114 valence electrons. The Morgan fingerprint density at radius 2 is 2.15 bits per heavy atom. The molecule has 8 heteroatoms. The lowest BCUT2D eigenvalue weighted by Crippen LogP contribution is -2.45. The molecule has 0 aliphatic carbocycles. The number of rotatable bonds is 5. The SMILES string of the molecule is Cc1sc(Br)cc1S(=O)(=O)NC(C)CN1CCOCC1. The summed E-state index contributed by atoms with van der Waals surface area (Å²) in [5.74, 6) is 0. The van der Waals surface area contributed by atoms with Crippen molar-refractivity contribution in [2.45, 2.75) is 24.8 Å². The van der Waals surface area contributed by atoms with Crippen LogP contribution in [-0.2, 0) is 14.8 Å². The molecule has 1 fully saturated rings. The zero-order valence-electron chi connectivity index (χ0n) is 11.6. The van der Waals surface area contributed by atoms with Crippen molar-refractivity contribution in [3.05, 3.63) is 14.7 Å². The molecular formula is C12H19BrN2O3S2. The van der Waals surface area contributed by atoms with Crippen LogP contribution in [0, 0.1) is 6.92 Å². The van der Waals surface area contributed by atoms with Gasteiger partial charge in [0.2, 0.25) is 10.0 Å². The number of halogens is 1. The number of hydrogen-bond donors (Lipinski definition) is 1. The number of hydrogen-bond acceptors (Lipinski definition) is 5. The molecule has 2 rings (SSSR count). The maximum atomic E-state index is 12.3. The van der Waals surface area contributed by atoms with E-state index in [2.05, 4.69) is 25.6 Å². The van der Waals surface area contributed by atoms with Crippen molar-refractivity contribution in [3.8, 4) is 0 Å². The maximum absolute atomic E-state index is 12.3. The Kier molecular flexibility index (Phi) is 5.61. The third-order valence-corrected chi connectivity index (χ3v) is 6.52. The van der Waals surface area contributed by atoms with Crippen LogP contribution in [-0.4, -0.2) is 52.2 Å². The highest BCUT2D eigenvalue weighted by molar-refractivity contribution is 9.11. The van der Waals surface area contributed by atoms with Gasteiger partial charge in [-0.25, -0.2) is 13.1 Å². The lowest BCUT2D eigenvalue weighted by Gasteiger charge is -2.29. The van der Waals surface area contributed by atoms with Gasteiger partial charge in [0.05, 0.1) is 21.9 Å². The topological polar surface area (TPSA) is 58.6 Å². The van der Waals surface area contributed by atoms with E-state index < -0.39 is 10.0 Å². The maximum Gasteiger partial charge on any atom is 0.241 e. The second-order valence-electron chi connectivity index (χ2n) is 4.91. The highest BCUT2D eigenvalue weighted by atomic mass is 79.9. The number of ether oxygens (including phenoxy) is 1. The monoisotopic (exact) mass is 382 g/mol. The summed E-state index contributed by atoms with van der Waals surface area (Å²) in [7, 11) is -3.45. The van der Waals surface area contributed by atoms with Gasteiger partial charge in [-0.1, -0.05) is 0 Å². The standard InChI is InChI=1S/C12H19BrN2O3S2/c1-9(8-15-3-5-18-6-4-15)14-20(16,17)11-7-12(13)19-10(11)2/h7,9,14H,3-6,8H2,1-2H3. The molecule has 1 unspecified atom stereocenters. The fourth-order valence-electron chi connectivity index (χ4n) is 2.23. The van der Waals surface area contributed by atoms with E-state index in [9.17, 15) is 8.42 Å². The smallest absolute Gasteiger partial charge is 0.241 e. The van der Waals surface area contributed by atoms with Crippen molar-refractivity contribution in [1.82, 2.24) is 9.62 Å². The van der Waals surface area contributed by atoms with Crippen LogP contribution in [0.1, 0.15) is 11.8 Å². The number of aryl methyl sites for hydroxylation is 1. The lowest BCUT2D eigenvalue weighted by atomic mass is 10.3. The summed E-state index contributed by atoms with van der Waals surface area (Å²) in [6, 6.07) is 1.53. The molecule has 0 aromatic carbocycles. The first kappa shape index (κ1) is 16.4. The quantitative estimate of drug-likeness (QED) is 0.843. The Hall–Kier alpha value is 0.01000. The molecule has 0 spiro atoms. The highest BCUT2D eigenvalue weighted by Gasteiger charge is 2.23. The second-order valence-corrected chi connectivity index (χ2v) is 9.22. The van der Waals surface area contributed by atoms with E-state index in [0.717, 1.165) is 35.0 Å². The third kappa shape index (κ3) is 4.25. The van der Waals surface area contributed by atoms with Gasteiger partial charge in [-0.3, -0.25) is 4.90 Å². The van der Waals surface area contributed by atoms with Crippen LogP contribution in [0.25, 0.3) is 0 Å². The van der Waals surface area contributed by atoms with Crippen LogP contribution < -0.4 is 4.72 Å². The second kappa shape index (κ2) is 6.85. The zero-order valence-corrected chi connectivity index (χ0v) is 14.8. The average molecular weight is 383 g/mol. The van der Waals surface area contributed by atoms with Gasteiger partial charge in [0.15, 0.2) is 0 Å². The normalized spacial score (nSPS) is 19.1. The van der Waals surface area contributed by atoms with Gasteiger partial charge in [-0.05, 0) is 35.8 Å². The van der Waals surface area contributed by atoms with Gasteiger partial charge in [-0.2, -0.15) is 0 Å². The summed E-state index contributed by atoms with van der Waals surface area (Å²) in [5.41, 5.74) is 0. The van der Waals surface area contributed by atoms with E-state index in [4.69, 9.17) is 4.74 Å². The summed E-state index contributed by atoms with van der Waals surface area (Å²) in [5, 5.41) is 0. The molecule has 0 saturated carbocycles. The third-order valence-electron chi connectivity index (χ3n) is 3.12. The zero-order chi connectivity index (χ0) is 14.8. The molecule has 1 saturated heterocycles. The molecule has 0 bridgehead atoms. The van der Waals surface area contributed by atoms with E-state index in [-0.39, 0.29) is 6.04 Å². The fourth-order valence-corrected chi connectivity index (χ4v) is 5.88. The summed E-state index contributed by atoms with van der Waals surface area (Å²) in [6.07, 6.45) is 0. The first-order chi connectivity index (χ1) is 9.38. The van der Waals surface area contributed by atoms with Crippen molar-refractivity contribution in [2.75, 3.05) is 32.8 Å². The minimum atomic E-state index is -3.45. The number of thiophene rings is 1. The molecule has 5 nitrogen and oxygen atoms in total. The summed E-state index contributed by atoms with van der Waals surface area (Å²) < 4.78 is 33.6. The van der Waals surface area contributed by atoms with Crippen LogP contribution in [0.5, 0.6) is 0 Å². The van der Waals surface area contributed by atoms with Crippen LogP contribution in [0.15, 0.2) is 14.7 Å². The van der Waals surface area contributed by atoms with Gasteiger partial charge in [0.1, 0.15) is 0 Å². The van der Waals surface area contributed by atoms with Crippen molar-refractivity contribution in [2.24, 2.45) is 0 Å². The summed E-state index contributed by atoms with van der Waals surface area (Å²) in [4.78, 5) is 3.37. The van der Waals surface area contributed by atoms with Gasteiger partial charge < -0.3 is 4.74 Å². The molecular weight excluding hydrogens is 364 g/mol. The highest BCUT2D eigenvalue weighted by Crippen LogP contribution is 2.29. The van der Waals surface area contributed by atoms with Crippen LogP contribution >= 0.6 is 27.3 Å². The molecule has 1 aliphatic rings. The first-order valence-electron chi connectivity index (χ1n) is 6.47. The van der Waals surface area contributed by atoms with Crippen LogP contribution in [0.4, 0.5) is 0 Å². The fraction of sp³-hybridized carbons (Fsp3) is 0.667. The number of nitrogens with one attached hydrogen (secondary N) is 1. The Labute approximate surface area is 132 Å². The average Bonchev–Trinajstić information content (AvgIpc) is 2.69. The van der Waals surface area contributed by atoms with Gasteiger partial charge in [-0.15, -0.1) is 11.3 Å². The van der Waals surface area contributed by atoms with E-state index in [0.29, 0.717) is 11.4 Å². The van der Waals surface area contributed by atoms with Gasteiger partial charge in [0.25, 0.3) is 0 Å². The largest absolute Gasteiger partial charge is 0.379 e. The molecule has 1 aromatic heterocycles. The molecule has 1 aromatic rings. The van der Waals surface area contributed by atoms with Crippen molar-refractivity contribution >= 4 is 37.3 Å². The van der Waals surface area contributed by atoms with Crippen molar-refractivity contribution in [1.29, 1.82) is 0 Å². The molecule has 0 radical (unpaired) electrons. The van der Waals surface area contributed by atoms with Crippen LogP contribution in [0.3, 0.4) is 0 Å². The van der Waals surface area contributed by atoms with Gasteiger partial charge in [0, 0.05) is 30.6 Å². The lowest BCUT2D eigenvalue weighted by molar-refractivity contribution is 0.0354. The molecule has 1 atom stereocenters. The Morgan fingerprint density at radius 3 is 2.70 bits per heavy atom. The number of sulfonamides is 1. The van der Waals surface area contributed by atoms with E-state index in [1.165, 1.54) is 11.3 Å². The first-order valence-corrected chi connectivity index (χ1v) is 9.56. The van der Waals surface area contributed by atoms with Crippen molar-refractivity contribution < 1.29 is 13.2 Å². The number of morpholine rings is 1. The predicted octanol–water partition coefficient (Wildman–Crippen LogP) is 1.82. The Morgan fingerprint density at radius 1 is 1.50 bits per heavy atom. The van der Waals surface area contributed by atoms with Crippen molar-refractivity contribution in [3.63, 3.8) is 0 Å². The summed E-state index contributed by atoms with van der Waals surface area (Å²) >= 11 is 4.75. The molecule has 20 heavy (non-hydrogen) atoms. The minimum Gasteiger partial charge on any atom is -0.379 e. The van der Waals surface area contributed by atoms with E-state index in [1.807, 2.05) is 13.8 Å². The summed E-state index contributed by atoms with van der Waals surface area (Å²) in [6.45, 7) is 7.56. The molecule has 0 amide bonds. The molecule has 1 aliphatic heterocycles.